The zero-order chi connectivity index (χ0) is 13.3. The fourth-order valence-electron chi connectivity index (χ4n) is 1.79. The van der Waals surface area contributed by atoms with Gasteiger partial charge < -0.3 is 9.47 Å². The molecule has 0 spiro atoms. The maximum atomic E-state index is 13.1. The van der Waals surface area contributed by atoms with Gasteiger partial charge in [-0.05, 0) is 0 Å². The Bertz CT molecular complexity index is 578. The van der Waals surface area contributed by atoms with E-state index < -0.39 is 35.4 Å². The monoisotopic (exact) mass is 258 g/mol. The van der Waals surface area contributed by atoms with Crippen LogP contribution in [0.1, 0.15) is 19.6 Å². The molecule has 0 amide bonds. The number of carbonyl (C=O) groups excluding carboxylic acids is 1. The van der Waals surface area contributed by atoms with E-state index in [0.717, 1.165) is 10.8 Å². The Balaban J connectivity index is 2.36. The van der Waals surface area contributed by atoms with Gasteiger partial charge in [-0.3, -0.25) is 19.1 Å². The molecule has 98 valence electrons. The Morgan fingerprint density at radius 3 is 3.00 bits per heavy atom. The van der Waals surface area contributed by atoms with Crippen molar-refractivity contribution < 1.29 is 18.7 Å². The van der Waals surface area contributed by atoms with Crippen LogP contribution < -0.4 is 11.2 Å². The molecule has 0 bridgehead atoms. The first-order chi connectivity index (χ1) is 8.49. The van der Waals surface area contributed by atoms with Crippen LogP contribution in [0, 0.1) is 5.82 Å². The highest BCUT2D eigenvalue weighted by molar-refractivity contribution is 5.66. The number of H-pyrrole nitrogens is 1. The molecule has 2 atom stereocenters. The molecule has 2 unspecified atom stereocenters. The van der Waals surface area contributed by atoms with Gasteiger partial charge in [0.05, 0.1) is 12.8 Å². The zero-order valence-electron chi connectivity index (χ0n) is 9.51. The number of aromatic amines is 1. The lowest BCUT2D eigenvalue weighted by Gasteiger charge is -2.19. The number of rotatable bonds is 2. The topological polar surface area (TPSA) is 90.4 Å². The van der Waals surface area contributed by atoms with E-state index in [1.165, 1.54) is 6.92 Å². The number of aromatic nitrogens is 2. The largest absolute Gasteiger partial charge is 0.458 e. The molecule has 2 heterocycles. The van der Waals surface area contributed by atoms with Gasteiger partial charge in [0, 0.05) is 13.3 Å². The Labute approximate surface area is 100 Å². The first-order valence-electron chi connectivity index (χ1n) is 5.29. The van der Waals surface area contributed by atoms with Gasteiger partial charge in [0.25, 0.3) is 5.56 Å². The minimum Gasteiger partial charge on any atom is -0.458 e. The highest BCUT2D eigenvalue weighted by Gasteiger charge is 2.33. The third kappa shape index (κ3) is 2.33. The smallest absolute Gasteiger partial charge is 0.330 e. The molecule has 1 aliphatic rings. The van der Waals surface area contributed by atoms with Crippen LogP contribution in [-0.2, 0) is 14.3 Å². The molecule has 0 saturated carbocycles. The molecule has 1 fully saturated rings. The summed E-state index contributed by atoms with van der Waals surface area (Å²) in [6.45, 7) is 1.50. The van der Waals surface area contributed by atoms with Crippen LogP contribution in [0.15, 0.2) is 15.8 Å². The van der Waals surface area contributed by atoms with Crippen molar-refractivity contribution >= 4 is 5.97 Å². The molecule has 7 nitrogen and oxygen atoms in total. The minimum atomic E-state index is -1.10. The molecule has 0 radical (unpaired) electrons. The number of hydrogen-bond acceptors (Lipinski definition) is 5. The number of carbonyl (C=O) groups is 1. The lowest BCUT2D eigenvalue weighted by atomic mass is 10.2. The molecule has 1 saturated heterocycles. The number of halogens is 1. The highest BCUT2D eigenvalue weighted by atomic mass is 19.1. The van der Waals surface area contributed by atoms with Crippen molar-refractivity contribution in [1.82, 2.24) is 9.55 Å². The Hall–Kier alpha value is -1.96. The van der Waals surface area contributed by atoms with Crippen molar-refractivity contribution in [2.75, 3.05) is 6.61 Å². The fraction of sp³-hybridized carbons (Fsp3) is 0.500. The summed E-state index contributed by atoms with van der Waals surface area (Å²) in [5, 5.41) is 0. The first-order valence-corrected chi connectivity index (χ1v) is 5.29. The molecule has 1 aromatic heterocycles. The standard InChI is InChI=1S/C10H11FN2O5/c1-5(14)18-7-2-3-17-9(7)13-4-6(11)8(15)12-10(13)16/h4,7,9H,2-3H2,1H3,(H,12,15,16). The summed E-state index contributed by atoms with van der Waals surface area (Å²) >= 11 is 0. The summed E-state index contributed by atoms with van der Waals surface area (Å²) in [7, 11) is 0. The molecule has 2 rings (SSSR count). The van der Waals surface area contributed by atoms with Crippen LogP contribution in [0.25, 0.3) is 0 Å². The summed E-state index contributed by atoms with van der Waals surface area (Å²) in [5.41, 5.74) is -1.91. The van der Waals surface area contributed by atoms with Crippen LogP contribution in [0.4, 0.5) is 4.39 Å². The third-order valence-electron chi connectivity index (χ3n) is 2.52. The fourth-order valence-corrected chi connectivity index (χ4v) is 1.79. The highest BCUT2D eigenvalue weighted by Crippen LogP contribution is 2.25. The van der Waals surface area contributed by atoms with Gasteiger partial charge in [-0.1, -0.05) is 0 Å². The summed E-state index contributed by atoms with van der Waals surface area (Å²) in [6, 6.07) is 0. The second-order valence-corrected chi connectivity index (χ2v) is 3.84. The van der Waals surface area contributed by atoms with Gasteiger partial charge in [0.15, 0.2) is 6.23 Å². The SMILES string of the molecule is CC(=O)OC1CCOC1n1cc(F)c(=O)[nH]c1=O. The quantitative estimate of drug-likeness (QED) is 0.724. The average Bonchev–Trinajstić information content (AvgIpc) is 2.70. The summed E-state index contributed by atoms with van der Waals surface area (Å²) in [6.07, 6.45) is -0.455. The molecule has 18 heavy (non-hydrogen) atoms. The van der Waals surface area contributed by atoms with Gasteiger partial charge in [-0.2, -0.15) is 4.39 Å². The summed E-state index contributed by atoms with van der Waals surface area (Å²) < 4.78 is 24.2. The molecule has 1 aromatic rings. The second-order valence-electron chi connectivity index (χ2n) is 3.84. The number of ether oxygens (including phenoxy) is 2. The van der Waals surface area contributed by atoms with Crippen LogP contribution in [0.2, 0.25) is 0 Å². The molecular formula is C10H11FN2O5. The van der Waals surface area contributed by atoms with E-state index in [9.17, 15) is 18.8 Å². The first kappa shape index (κ1) is 12.5. The predicted molar refractivity (Wildman–Crippen MR) is 56.4 cm³/mol. The van der Waals surface area contributed by atoms with E-state index in [-0.39, 0.29) is 6.61 Å². The molecule has 1 N–H and O–H groups in total. The number of esters is 1. The zero-order valence-corrected chi connectivity index (χ0v) is 9.51. The van der Waals surface area contributed by atoms with E-state index in [2.05, 4.69) is 0 Å². The van der Waals surface area contributed by atoms with Gasteiger partial charge in [0.1, 0.15) is 6.10 Å². The van der Waals surface area contributed by atoms with E-state index in [4.69, 9.17) is 9.47 Å². The lowest BCUT2D eigenvalue weighted by molar-refractivity contribution is -0.151. The van der Waals surface area contributed by atoms with Crippen LogP contribution in [-0.4, -0.2) is 28.2 Å². The lowest BCUT2D eigenvalue weighted by Crippen LogP contribution is -2.37. The van der Waals surface area contributed by atoms with Crippen LogP contribution >= 0.6 is 0 Å². The normalized spacial score (nSPS) is 23.0. The van der Waals surface area contributed by atoms with Gasteiger partial charge in [-0.25, -0.2) is 4.79 Å². The second kappa shape index (κ2) is 4.73. The van der Waals surface area contributed by atoms with Crippen molar-refractivity contribution in [3.63, 3.8) is 0 Å². The summed E-state index contributed by atoms with van der Waals surface area (Å²) in [5.74, 6) is -1.62. The Morgan fingerprint density at radius 2 is 2.33 bits per heavy atom. The maximum absolute atomic E-state index is 13.1. The molecule has 1 aliphatic heterocycles. The van der Waals surface area contributed by atoms with Crippen LogP contribution in [0.3, 0.4) is 0 Å². The van der Waals surface area contributed by atoms with Gasteiger partial charge in [-0.15, -0.1) is 0 Å². The Morgan fingerprint density at radius 1 is 1.61 bits per heavy atom. The van der Waals surface area contributed by atoms with Crippen molar-refractivity contribution in [2.45, 2.75) is 25.7 Å². The average molecular weight is 258 g/mol. The molecular weight excluding hydrogens is 247 g/mol. The van der Waals surface area contributed by atoms with Crippen molar-refractivity contribution in [3.8, 4) is 0 Å². The maximum Gasteiger partial charge on any atom is 0.330 e. The molecule has 0 aromatic carbocycles. The van der Waals surface area contributed by atoms with E-state index >= 15 is 0 Å². The van der Waals surface area contributed by atoms with Gasteiger partial charge in [0.2, 0.25) is 5.82 Å². The minimum absolute atomic E-state index is 0.274. The Kier molecular flexibility index (Phi) is 3.28. The third-order valence-corrected chi connectivity index (χ3v) is 2.52. The molecule has 0 aliphatic carbocycles. The van der Waals surface area contributed by atoms with Crippen molar-refractivity contribution in [3.05, 3.63) is 32.9 Å². The predicted octanol–water partition coefficient (Wildman–Crippen LogP) is -0.474. The van der Waals surface area contributed by atoms with Crippen molar-refractivity contribution in [1.29, 1.82) is 0 Å². The number of hydrogen-bond donors (Lipinski definition) is 1. The van der Waals surface area contributed by atoms with Crippen molar-refractivity contribution in [2.24, 2.45) is 0 Å². The number of nitrogens with zero attached hydrogens (tertiary/aromatic N) is 1. The summed E-state index contributed by atoms with van der Waals surface area (Å²) in [4.78, 5) is 35.1. The van der Waals surface area contributed by atoms with Crippen LogP contribution in [0.5, 0.6) is 0 Å². The van der Waals surface area contributed by atoms with E-state index in [1.807, 2.05) is 4.98 Å². The van der Waals surface area contributed by atoms with Gasteiger partial charge >= 0.3 is 11.7 Å². The number of nitrogens with one attached hydrogen (secondary N) is 1. The molecule has 8 heteroatoms. The van der Waals surface area contributed by atoms with E-state index in [0.29, 0.717) is 6.42 Å². The van der Waals surface area contributed by atoms with E-state index in [1.54, 1.807) is 0 Å².